The van der Waals surface area contributed by atoms with Crippen LogP contribution in [0.5, 0.6) is 5.75 Å². The predicted octanol–water partition coefficient (Wildman–Crippen LogP) is 2.16. The van der Waals surface area contributed by atoms with Gasteiger partial charge in [0, 0.05) is 30.1 Å². The Morgan fingerprint density at radius 3 is 2.76 bits per heavy atom. The fourth-order valence-corrected chi connectivity index (χ4v) is 4.23. The lowest BCUT2D eigenvalue weighted by molar-refractivity contribution is -0.160. The van der Waals surface area contributed by atoms with Crippen molar-refractivity contribution in [2.75, 3.05) is 32.8 Å². The highest BCUT2D eigenvalue weighted by Gasteiger charge is 2.40. The summed E-state index contributed by atoms with van der Waals surface area (Å²) < 4.78 is 17.4. The Morgan fingerprint density at radius 2 is 2.00 bits per heavy atom. The van der Waals surface area contributed by atoms with Crippen LogP contribution in [-0.2, 0) is 9.53 Å². The number of ether oxygens (including phenoxy) is 2. The molecule has 2 aliphatic heterocycles. The maximum Gasteiger partial charge on any atom is 0.339 e. The summed E-state index contributed by atoms with van der Waals surface area (Å²) in [7, 11) is 0. The van der Waals surface area contributed by atoms with Crippen LogP contribution in [0.1, 0.15) is 30.9 Å². The minimum absolute atomic E-state index is 0.0483. The quantitative estimate of drug-likeness (QED) is 0.796. The van der Waals surface area contributed by atoms with Gasteiger partial charge in [0.25, 0.3) is 5.91 Å². The van der Waals surface area contributed by atoms with Crippen LogP contribution in [0.15, 0.2) is 27.4 Å². The van der Waals surface area contributed by atoms with E-state index in [-0.39, 0.29) is 17.1 Å². The van der Waals surface area contributed by atoms with Gasteiger partial charge in [-0.25, -0.2) is 4.79 Å². The number of piperidine rings is 1. The zero-order valence-corrected chi connectivity index (χ0v) is 17.2. The molecule has 156 valence electrons. The number of carbonyl (C=O) groups is 1. The van der Waals surface area contributed by atoms with E-state index < -0.39 is 6.10 Å². The molecule has 1 aromatic heterocycles. The van der Waals surface area contributed by atoms with Crippen LogP contribution in [0, 0.1) is 13.8 Å². The van der Waals surface area contributed by atoms with E-state index in [2.05, 4.69) is 5.32 Å². The maximum atomic E-state index is 13.0. The summed E-state index contributed by atoms with van der Waals surface area (Å²) in [6.07, 6.45) is 1.19. The first-order valence-electron chi connectivity index (χ1n) is 10.2. The van der Waals surface area contributed by atoms with Crippen LogP contribution in [0.2, 0.25) is 0 Å². The minimum Gasteiger partial charge on any atom is -0.481 e. The van der Waals surface area contributed by atoms with Crippen molar-refractivity contribution in [2.45, 2.75) is 45.3 Å². The van der Waals surface area contributed by atoms with Gasteiger partial charge in [-0.3, -0.25) is 4.79 Å². The molecular formula is C22H28N2O5. The zero-order chi connectivity index (χ0) is 20.6. The van der Waals surface area contributed by atoms with Crippen LogP contribution in [0.4, 0.5) is 0 Å². The molecule has 0 bridgehead atoms. The Labute approximate surface area is 170 Å². The first kappa shape index (κ1) is 19.9. The number of rotatable bonds is 3. The lowest BCUT2D eigenvalue weighted by Crippen LogP contribution is -2.59. The number of hydrogen-bond acceptors (Lipinski definition) is 6. The fourth-order valence-electron chi connectivity index (χ4n) is 4.23. The van der Waals surface area contributed by atoms with Gasteiger partial charge in [-0.05, 0) is 64.4 Å². The molecule has 2 saturated heterocycles. The first-order chi connectivity index (χ1) is 13.9. The molecule has 2 fully saturated rings. The standard InChI is InChI=1S/C22H28N2O5/c1-14-15(2)21(26)29-19-12-17(4-5-18(14)19)28-16(3)20(25)24-10-11-27-22(13-24)6-8-23-9-7-22/h4-5,12,16,23H,6-11,13H2,1-3H3. The van der Waals surface area contributed by atoms with E-state index in [1.807, 2.05) is 24.0 Å². The van der Waals surface area contributed by atoms with Gasteiger partial charge < -0.3 is 24.1 Å². The SMILES string of the molecule is Cc1c(C)c2ccc(OC(C)C(=O)N3CCOC4(CCNCC4)C3)cc2oc1=O. The summed E-state index contributed by atoms with van der Waals surface area (Å²) in [4.78, 5) is 26.8. The summed E-state index contributed by atoms with van der Waals surface area (Å²) in [5.74, 6) is 0.461. The van der Waals surface area contributed by atoms with Crippen LogP contribution >= 0.6 is 0 Å². The number of nitrogens with one attached hydrogen (secondary N) is 1. The predicted molar refractivity (Wildman–Crippen MR) is 109 cm³/mol. The summed E-state index contributed by atoms with van der Waals surface area (Å²) >= 11 is 0. The number of hydrogen-bond donors (Lipinski definition) is 1. The fraction of sp³-hybridized carbons (Fsp3) is 0.545. The van der Waals surface area contributed by atoms with Gasteiger partial charge in [-0.15, -0.1) is 0 Å². The molecule has 1 aromatic carbocycles. The van der Waals surface area contributed by atoms with E-state index in [1.165, 1.54) is 0 Å². The van der Waals surface area contributed by atoms with E-state index >= 15 is 0 Å². The highest BCUT2D eigenvalue weighted by molar-refractivity contribution is 5.83. The highest BCUT2D eigenvalue weighted by atomic mass is 16.5. The summed E-state index contributed by atoms with van der Waals surface area (Å²) in [5.41, 5.74) is 1.38. The van der Waals surface area contributed by atoms with Crippen molar-refractivity contribution in [2.24, 2.45) is 0 Å². The van der Waals surface area contributed by atoms with Crippen molar-refractivity contribution in [3.8, 4) is 5.75 Å². The van der Waals surface area contributed by atoms with Crippen molar-refractivity contribution >= 4 is 16.9 Å². The molecule has 29 heavy (non-hydrogen) atoms. The van der Waals surface area contributed by atoms with Gasteiger partial charge in [-0.2, -0.15) is 0 Å². The van der Waals surface area contributed by atoms with Crippen LogP contribution in [0.25, 0.3) is 11.0 Å². The van der Waals surface area contributed by atoms with E-state index in [4.69, 9.17) is 13.9 Å². The molecule has 1 N–H and O–H groups in total. The lowest BCUT2D eigenvalue weighted by atomic mass is 9.90. The van der Waals surface area contributed by atoms with E-state index in [1.54, 1.807) is 19.9 Å². The number of benzene rings is 1. The third-order valence-corrected chi connectivity index (χ3v) is 6.16. The van der Waals surface area contributed by atoms with Gasteiger partial charge in [-0.1, -0.05) is 0 Å². The second kappa shape index (κ2) is 7.80. The monoisotopic (exact) mass is 400 g/mol. The van der Waals surface area contributed by atoms with Gasteiger partial charge in [0.15, 0.2) is 6.10 Å². The van der Waals surface area contributed by atoms with E-state index in [9.17, 15) is 9.59 Å². The molecule has 1 spiro atoms. The molecule has 2 aliphatic rings. The average molecular weight is 400 g/mol. The molecule has 3 heterocycles. The Balaban J connectivity index is 1.48. The third kappa shape index (κ3) is 3.89. The topological polar surface area (TPSA) is 81.0 Å². The second-order valence-corrected chi connectivity index (χ2v) is 8.10. The highest BCUT2D eigenvalue weighted by Crippen LogP contribution is 2.29. The van der Waals surface area contributed by atoms with Gasteiger partial charge in [0.2, 0.25) is 0 Å². The minimum atomic E-state index is -0.636. The number of nitrogens with zero attached hydrogens (tertiary/aromatic N) is 1. The molecule has 7 nitrogen and oxygen atoms in total. The van der Waals surface area contributed by atoms with Gasteiger partial charge in [0.05, 0.1) is 12.2 Å². The molecule has 7 heteroatoms. The normalized spacial score (nSPS) is 20.0. The van der Waals surface area contributed by atoms with Crippen LogP contribution in [-0.4, -0.2) is 55.3 Å². The van der Waals surface area contributed by atoms with E-state index in [0.29, 0.717) is 36.6 Å². The van der Waals surface area contributed by atoms with Crippen molar-refractivity contribution in [1.29, 1.82) is 0 Å². The Kier molecular flexibility index (Phi) is 5.36. The molecule has 2 aromatic rings. The number of fused-ring (bicyclic) bond motifs is 1. The molecule has 1 amide bonds. The van der Waals surface area contributed by atoms with Gasteiger partial charge >= 0.3 is 5.63 Å². The lowest BCUT2D eigenvalue weighted by Gasteiger charge is -2.45. The third-order valence-electron chi connectivity index (χ3n) is 6.16. The average Bonchev–Trinajstić information content (AvgIpc) is 2.72. The largest absolute Gasteiger partial charge is 0.481 e. The molecule has 0 saturated carbocycles. The van der Waals surface area contributed by atoms with Gasteiger partial charge in [0.1, 0.15) is 11.3 Å². The molecule has 4 rings (SSSR count). The molecule has 1 atom stereocenters. The summed E-state index contributed by atoms with van der Waals surface area (Å²) in [6.45, 7) is 8.97. The van der Waals surface area contributed by atoms with Crippen molar-refractivity contribution < 1.29 is 18.7 Å². The molecular weight excluding hydrogens is 372 g/mol. The Morgan fingerprint density at radius 1 is 1.24 bits per heavy atom. The van der Waals surface area contributed by atoms with Crippen molar-refractivity contribution in [1.82, 2.24) is 10.2 Å². The number of amides is 1. The van der Waals surface area contributed by atoms with Crippen molar-refractivity contribution in [3.63, 3.8) is 0 Å². The van der Waals surface area contributed by atoms with Crippen LogP contribution in [0.3, 0.4) is 0 Å². The molecule has 0 radical (unpaired) electrons. The maximum absolute atomic E-state index is 13.0. The smallest absolute Gasteiger partial charge is 0.339 e. The van der Waals surface area contributed by atoms with Crippen molar-refractivity contribution in [3.05, 3.63) is 39.7 Å². The number of morpholine rings is 1. The zero-order valence-electron chi connectivity index (χ0n) is 17.2. The second-order valence-electron chi connectivity index (χ2n) is 8.10. The summed E-state index contributed by atoms with van der Waals surface area (Å²) in [6, 6.07) is 5.36. The number of aryl methyl sites for hydroxylation is 1. The first-order valence-corrected chi connectivity index (χ1v) is 10.2. The molecule has 0 aliphatic carbocycles. The Bertz CT molecular complexity index is 972. The molecule has 1 unspecified atom stereocenters. The number of carbonyl (C=O) groups excluding carboxylic acids is 1. The van der Waals surface area contributed by atoms with Crippen LogP contribution < -0.4 is 15.7 Å². The Hall–Kier alpha value is -2.38. The summed E-state index contributed by atoms with van der Waals surface area (Å²) in [5, 5.41) is 4.21. The van der Waals surface area contributed by atoms with E-state index in [0.717, 1.165) is 36.9 Å².